The van der Waals surface area contributed by atoms with Gasteiger partial charge in [-0.3, -0.25) is 9.59 Å². The Kier molecular flexibility index (Phi) is 3.78. The lowest BCUT2D eigenvalue weighted by Gasteiger charge is -2.20. The quantitative estimate of drug-likeness (QED) is 0.916. The molecule has 2 heterocycles. The number of carbonyl (C=O) groups excluding carboxylic acids is 1. The fourth-order valence-corrected chi connectivity index (χ4v) is 3.71. The zero-order valence-electron chi connectivity index (χ0n) is 12.9. The van der Waals surface area contributed by atoms with Gasteiger partial charge in [0.25, 0.3) is 11.5 Å². The summed E-state index contributed by atoms with van der Waals surface area (Å²) in [5.74, 6) is 0.162. The first-order chi connectivity index (χ1) is 10.4. The van der Waals surface area contributed by atoms with Gasteiger partial charge in [0.05, 0.1) is 22.7 Å². The lowest BCUT2D eigenvalue weighted by molar-refractivity contribution is 0.0649. The van der Waals surface area contributed by atoms with E-state index in [0.717, 1.165) is 12.8 Å². The fourth-order valence-electron chi connectivity index (χ4n) is 2.58. The summed E-state index contributed by atoms with van der Waals surface area (Å²) in [6.45, 7) is 2.10. The summed E-state index contributed by atoms with van der Waals surface area (Å²) in [5.41, 5.74) is 0.532. The number of fused-ring (bicyclic) bond motifs is 1. The third-order valence-corrected chi connectivity index (χ3v) is 5.37. The summed E-state index contributed by atoms with van der Waals surface area (Å²) in [7, 11) is 3.33. The van der Waals surface area contributed by atoms with Crippen molar-refractivity contribution in [2.45, 2.75) is 25.9 Å². The smallest absolute Gasteiger partial charge is 0.264 e. The third-order valence-electron chi connectivity index (χ3n) is 4.18. The Hall–Kier alpha value is -1.73. The number of likely N-dealkylation sites (N-methyl/N-ethyl adjacent to an activating group) is 1. The van der Waals surface area contributed by atoms with Crippen molar-refractivity contribution in [3.63, 3.8) is 0 Å². The van der Waals surface area contributed by atoms with Crippen LogP contribution < -0.4 is 5.56 Å². The molecule has 2 aromatic rings. The molecule has 0 saturated heterocycles. The van der Waals surface area contributed by atoms with Crippen molar-refractivity contribution < 1.29 is 9.90 Å². The standard InChI is InChI=1S/C15H19N3O3S/c1-8-11-13(16-7-18(3)14(11)20)22-12(8)15(21)17(2)6-10(19)9-4-5-9/h7,9-10,19H,4-6H2,1-3H3. The Morgan fingerprint density at radius 1 is 1.59 bits per heavy atom. The van der Waals surface area contributed by atoms with Gasteiger partial charge in [0, 0.05) is 20.6 Å². The molecule has 0 bridgehead atoms. The van der Waals surface area contributed by atoms with Crippen molar-refractivity contribution in [3.05, 3.63) is 27.1 Å². The number of aryl methyl sites for hydroxylation is 2. The minimum atomic E-state index is -0.463. The molecule has 0 spiro atoms. The number of aliphatic hydroxyl groups is 1. The predicted molar refractivity (Wildman–Crippen MR) is 85.3 cm³/mol. The average Bonchev–Trinajstić information content (AvgIpc) is 3.27. The molecule has 0 radical (unpaired) electrons. The van der Waals surface area contributed by atoms with Crippen LogP contribution in [0, 0.1) is 12.8 Å². The fraction of sp³-hybridized carbons (Fsp3) is 0.533. The van der Waals surface area contributed by atoms with Crippen LogP contribution in [0.4, 0.5) is 0 Å². The van der Waals surface area contributed by atoms with Crippen LogP contribution in [-0.2, 0) is 7.05 Å². The second-order valence-corrected chi connectivity index (χ2v) is 6.99. The molecule has 1 fully saturated rings. The third kappa shape index (κ3) is 2.55. The van der Waals surface area contributed by atoms with Gasteiger partial charge in [0.2, 0.25) is 0 Å². The maximum absolute atomic E-state index is 12.6. The largest absolute Gasteiger partial charge is 0.391 e. The summed E-state index contributed by atoms with van der Waals surface area (Å²) in [4.78, 5) is 31.7. The first kappa shape index (κ1) is 15.2. The van der Waals surface area contributed by atoms with E-state index in [9.17, 15) is 14.7 Å². The number of amides is 1. The molecule has 6 nitrogen and oxygen atoms in total. The normalized spacial score (nSPS) is 16.0. The monoisotopic (exact) mass is 321 g/mol. The molecule has 118 valence electrons. The van der Waals surface area contributed by atoms with E-state index in [1.807, 2.05) is 0 Å². The molecule has 0 aromatic carbocycles. The van der Waals surface area contributed by atoms with Crippen molar-refractivity contribution in [1.29, 1.82) is 0 Å². The van der Waals surface area contributed by atoms with Crippen LogP contribution in [0.1, 0.15) is 28.1 Å². The van der Waals surface area contributed by atoms with E-state index in [1.165, 1.54) is 27.1 Å². The molecule has 2 aromatic heterocycles. The Bertz CT molecular complexity index is 791. The van der Waals surface area contributed by atoms with Crippen molar-refractivity contribution in [1.82, 2.24) is 14.5 Å². The van der Waals surface area contributed by atoms with E-state index in [4.69, 9.17) is 0 Å². The van der Waals surface area contributed by atoms with Gasteiger partial charge < -0.3 is 14.6 Å². The van der Waals surface area contributed by atoms with Gasteiger partial charge >= 0.3 is 0 Å². The SMILES string of the molecule is Cc1c(C(=O)N(C)CC(O)C2CC2)sc2ncn(C)c(=O)c12. The molecule has 1 unspecified atom stereocenters. The highest BCUT2D eigenvalue weighted by Crippen LogP contribution is 2.33. The highest BCUT2D eigenvalue weighted by atomic mass is 32.1. The Balaban J connectivity index is 1.92. The van der Waals surface area contributed by atoms with E-state index >= 15 is 0 Å². The summed E-state index contributed by atoms with van der Waals surface area (Å²) >= 11 is 1.24. The van der Waals surface area contributed by atoms with Gasteiger partial charge in [-0.1, -0.05) is 0 Å². The second kappa shape index (κ2) is 5.48. The van der Waals surface area contributed by atoms with Gasteiger partial charge in [0.15, 0.2) is 0 Å². The average molecular weight is 321 g/mol. The summed E-state index contributed by atoms with van der Waals surface area (Å²) in [5, 5.41) is 10.5. The van der Waals surface area contributed by atoms with Crippen molar-refractivity contribution >= 4 is 27.5 Å². The first-order valence-electron chi connectivity index (χ1n) is 7.28. The van der Waals surface area contributed by atoms with Gasteiger partial charge in [-0.25, -0.2) is 4.98 Å². The van der Waals surface area contributed by atoms with Crippen LogP contribution in [0.5, 0.6) is 0 Å². The molecule has 1 amide bonds. The van der Waals surface area contributed by atoms with Crippen molar-refractivity contribution in [2.24, 2.45) is 13.0 Å². The van der Waals surface area contributed by atoms with Gasteiger partial charge in [-0.05, 0) is 31.2 Å². The van der Waals surface area contributed by atoms with E-state index in [0.29, 0.717) is 33.1 Å². The zero-order chi connectivity index (χ0) is 16.0. The van der Waals surface area contributed by atoms with Gasteiger partial charge in [0.1, 0.15) is 4.83 Å². The lowest BCUT2D eigenvalue weighted by atomic mass is 10.2. The van der Waals surface area contributed by atoms with Crippen LogP contribution in [0.15, 0.2) is 11.1 Å². The van der Waals surface area contributed by atoms with Crippen LogP contribution in [0.3, 0.4) is 0 Å². The lowest BCUT2D eigenvalue weighted by Crippen LogP contribution is -2.35. The van der Waals surface area contributed by atoms with Crippen LogP contribution in [0.2, 0.25) is 0 Å². The van der Waals surface area contributed by atoms with E-state index < -0.39 is 6.10 Å². The molecule has 1 aliphatic rings. The van der Waals surface area contributed by atoms with E-state index in [1.54, 1.807) is 21.0 Å². The molecule has 1 atom stereocenters. The maximum atomic E-state index is 12.6. The second-order valence-electron chi connectivity index (χ2n) is 5.99. The molecule has 7 heteroatoms. The molecular weight excluding hydrogens is 302 g/mol. The highest BCUT2D eigenvalue weighted by Gasteiger charge is 2.32. The number of aromatic nitrogens is 2. The Morgan fingerprint density at radius 2 is 2.27 bits per heavy atom. The van der Waals surface area contributed by atoms with Crippen molar-refractivity contribution in [3.8, 4) is 0 Å². The van der Waals surface area contributed by atoms with E-state index in [-0.39, 0.29) is 11.5 Å². The summed E-state index contributed by atoms with van der Waals surface area (Å²) in [6, 6.07) is 0. The number of thiophene rings is 1. The molecule has 1 N–H and O–H groups in total. The highest BCUT2D eigenvalue weighted by molar-refractivity contribution is 7.20. The number of aliphatic hydroxyl groups excluding tert-OH is 1. The molecule has 1 saturated carbocycles. The topological polar surface area (TPSA) is 75.4 Å². The number of hydrogen-bond acceptors (Lipinski definition) is 5. The van der Waals surface area contributed by atoms with Crippen LogP contribution in [0.25, 0.3) is 10.2 Å². The van der Waals surface area contributed by atoms with E-state index in [2.05, 4.69) is 4.98 Å². The number of nitrogens with zero attached hydrogens (tertiary/aromatic N) is 3. The minimum Gasteiger partial charge on any atom is -0.391 e. The predicted octanol–water partition coefficient (Wildman–Crippen LogP) is 1.15. The Labute approximate surface area is 132 Å². The van der Waals surface area contributed by atoms with Crippen LogP contribution >= 0.6 is 11.3 Å². The molecule has 3 rings (SSSR count). The number of rotatable bonds is 4. The number of carbonyl (C=O) groups is 1. The first-order valence-corrected chi connectivity index (χ1v) is 8.10. The van der Waals surface area contributed by atoms with Crippen molar-refractivity contribution in [2.75, 3.05) is 13.6 Å². The maximum Gasteiger partial charge on any atom is 0.264 e. The molecular formula is C15H19N3O3S. The van der Waals surface area contributed by atoms with Crippen LogP contribution in [-0.4, -0.2) is 45.2 Å². The molecule has 22 heavy (non-hydrogen) atoms. The zero-order valence-corrected chi connectivity index (χ0v) is 13.7. The van der Waals surface area contributed by atoms with Gasteiger partial charge in [-0.2, -0.15) is 0 Å². The number of hydrogen-bond donors (Lipinski definition) is 1. The summed E-state index contributed by atoms with van der Waals surface area (Å²) < 4.78 is 1.41. The minimum absolute atomic E-state index is 0.140. The molecule has 1 aliphatic carbocycles. The molecule has 0 aliphatic heterocycles. The Morgan fingerprint density at radius 3 is 2.91 bits per heavy atom. The van der Waals surface area contributed by atoms with Gasteiger partial charge in [-0.15, -0.1) is 11.3 Å². The summed E-state index contributed by atoms with van der Waals surface area (Å²) in [6.07, 6.45) is 3.07.